The molecule has 1 aromatic rings. The fraction of sp³-hybridized carbons (Fsp3) is 0.500. The molecule has 4 aliphatic rings. The molecule has 3 fully saturated rings. The van der Waals surface area contributed by atoms with Gasteiger partial charge in [0.25, 0.3) is 0 Å². The number of hydrogen-bond acceptors (Lipinski definition) is 5. The number of fused-ring (bicyclic) bond motifs is 6. The fourth-order valence-electron chi connectivity index (χ4n) is 5.44. The second-order valence-corrected chi connectivity index (χ2v) is 7.53. The van der Waals surface area contributed by atoms with E-state index in [0.29, 0.717) is 12.0 Å². The van der Waals surface area contributed by atoms with Gasteiger partial charge in [-0.25, -0.2) is 4.79 Å². The Kier molecular flexibility index (Phi) is 3.14. The number of allylic oxidation sites excluding steroid dienone is 2. The zero-order chi connectivity index (χ0) is 17.2. The van der Waals surface area contributed by atoms with E-state index >= 15 is 0 Å². The van der Waals surface area contributed by atoms with Crippen molar-refractivity contribution in [3.05, 3.63) is 48.0 Å². The second kappa shape index (κ2) is 5.18. The summed E-state index contributed by atoms with van der Waals surface area (Å²) in [5.74, 6) is -0.219. The average Bonchev–Trinajstić information content (AvgIpc) is 3.14. The molecule has 0 aromatic heterocycles. The molecule has 5 rings (SSSR count). The molecule has 2 bridgehead atoms. The number of benzene rings is 1. The molecule has 5 heteroatoms. The Bertz CT molecular complexity index is 757. The molecule has 1 heterocycles. The number of ether oxygens (including phenoxy) is 3. The third-order valence-corrected chi connectivity index (χ3v) is 6.49. The molecule has 0 unspecified atom stereocenters. The van der Waals surface area contributed by atoms with E-state index < -0.39 is 11.5 Å². The highest BCUT2D eigenvalue weighted by Crippen LogP contribution is 2.66. The Morgan fingerprint density at radius 3 is 2.76 bits per heavy atom. The maximum Gasteiger partial charge on any atom is 0.338 e. The third-order valence-electron chi connectivity index (χ3n) is 6.49. The van der Waals surface area contributed by atoms with Crippen LogP contribution in [0.2, 0.25) is 0 Å². The molecule has 1 aromatic carbocycles. The van der Waals surface area contributed by atoms with Crippen molar-refractivity contribution in [2.45, 2.75) is 31.2 Å². The van der Waals surface area contributed by atoms with Crippen LogP contribution in [-0.2, 0) is 19.0 Å². The molecule has 1 saturated heterocycles. The predicted octanol–water partition coefficient (Wildman–Crippen LogP) is 2.36. The van der Waals surface area contributed by atoms with Crippen LogP contribution < -0.4 is 0 Å². The molecule has 0 spiro atoms. The molecular formula is C20H20O5. The predicted molar refractivity (Wildman–Crippen MR) is 87.6 cm³/mol. The normalized spacial score (nSPS) is 42.4. The minimum atomic E-state index is -0.618. The largest absolute Gasteiger partial charge is 0.469 e. The van der Waals surface area contributed by atoms with E-state index in [2.05, 4.69) is 12.2 Å². The Hall–Kier alpha value is -2.14. The molecule has 5 nitrogen and oxygen atoms in total. The van der Waals surface area contributed by atoms with Gasteiger partial charge in [-0.3, -0.25) is 4.79 Å². The van der Waals surface area contributed by atoms with Crippen LogP contribution in [-0.4, -0.2) is 37.4 Å². The topological polar surface area (TPSA) is 65.1 Å². The minimum Gasteiger partial charge on any atom is -0.469 e. The first-order valence-corrected chi connectivity index (χ1v) is 8.83. The lowest BCUT2D eigenvalue weighted by Crippen LogP contribution is -2.54. The number of rotatable bonds is 3. The Morgan fingerprint density at radius 1 is 1.20 bits per heavy atom. The summed E-state index contributed by atoms with van der Waals surface area (Å²) >= 11 is 0. The SMILES string of the molecule is COC(=O)[C@@]12C[C@H]3O[C@H]3[C@H](OC(=O)c3ccccc3)[C@@H]1[C@@H]1C=C[C@H]2C1. The van der Waals surface area contributed by atoms with E-state index in [-0.39, 0.29) is 41.9 Å². The van der Waals surface area contributed by atoms with Crippen molar-refractivity contribution in [2.75, 3.05) is 7.11 Å². The Balaban J connectivity index is 1.49. The summed E-state index contributed by atoms with van der Waals surface area (Å²) in [6.45, 7) is 0. The van der Waals surface area contributed by atoms with Gasteiger partial charge in [-0.1, -0.05) is 30.4 Å². The standard InChI is InChI=1S/C20H20O5/c1-23-19(22)20-10-14-16(24-14)17(15(20)12-7-8-13(20)9-12)25-18(21)11-5-3-2-4-6-11/h2-8,12-17H,9-10H2,1H3/t12-,13+,14-,15+,16-,17-,20-/m1/s1. The molecule has 0 radical (unpaired) electrons. The van der Waals surface area contributed by atoms with Crippen LogP contribution >= 0.6 is 0 Å². The highest BCUT2D eigenvalue weighted by Gasteiger charge is 2.73. The number of epoxide rings is 1. The fourth-order valence-corrected chi connectivity index (χ4v) is 5.44. The maximum atomic E-state index is 12.8. The van der Waals surface area contributed by atoms with E-state index in [9.17, 15) is 9.59 Å². The first kappa shape index (κ1) is 15.1. The van der Waals surface area contributed by atoms with Crippen molar-refractivity contribution >= 4 is 11.9 Å². The number of carbonyl (C=O) groups is 2. The van der Waals surface area contributed by atoms with Crippen LogP contribution in [0.5, 0.6) is 0 Å². The zero-order valence-corrected chi connectivity index (χ0v) is 14.0. The van der Waals surface area contributed by atoms with Gasteiger partial charge in [-0.05, 0) is 36.8 Å². The van der Waals surface area contributed by atoms with Crippen LogP contribution in [0.3, 0.4) is 0 Å². The summed E-state index contributed by atoms with van der Waals surface area (Å²) in [6.07, 6.45) is 5.39. The van der Waals surface area contributed by atoms with Crippen molar-refractivity contribution < 1.29 is 23.8 Å². The molecule has 25 heavy (non-hydrogen) atoms. The number of methoxy groups -OCH3 is 1. The van der Waals surface area contributed by atoms with Gasteiger partial charge in [-0.2, -0.15) is 0 Å². The first-order valence-electron chi connectivity index (χ1n) is 8.83. The van der Waals surface area contributed by atoms with Gasteiger partial charge in [0.2, 0.25) is 0 Å². The first-order chi connectivity index (χ1) is 12.1. The van der Waals surface area contributed by atoms with Crippen LogP contribution in [0, 0.1) is 23.2 Å². The van der Waals surface area contributed by atoms with Gasteiger partial charge in [0.05, 0.1) is 24.2 Å². The molecule has 0 N–H and O–H groups in total. The number of esters is 2. The molecule has 130 valence electrons. The summed E-state index contributed by atoms with van der Waals surface area (Å²) in [5, 5.41) is 0. The van der Waals surface area contributed by atoms with E-state index in [1.165, 1.54) is 7.11 Å². The van der Waals surface area contributed by atoms with Crippen LogP contribution in [0.1, 0.15) is 23.2 Å². The van der Waals surface area contributed by atoms with Crippen LogP contribution in [0.25, 0.3) is 0 Å². The third kappa shape index (κ3) is 1.99. The van der Waals surface area contributed by atoms with E-state index in [1.807, 2.05) is 18.2 Å². The lowest BCUT2D eigenvalue weighted by atomic mass is 9.60. The van der Waals surface area contributed by atoms with Crippen LogP contribution in [0.15, 0.2) is 42.5 Å². The van der Waals surface area contributed by atoms with Crippen molar-refractivity contribution in [1.82, 2.24) is 0 Å². The highest BCUT2D eigenvalue weighted by atomic mass is 16.6. The summed E-state index contributed by atoms with van der Waals surface area (Å²) in [6, 6.07) is 8.97. The summed E-state index contributed by atoms with van der Waals surface area (Å²) in [7, 11) is 1.44. The lowest BCUT2D eigenvalue weighted by Gasteiger charge is -2.44. The molecule has 0 amide bonds. The van der Waals surface area contributed by atoms with Crippen molar-refractivity contribution in [1.29, 1.82) is 0 Å². The number of carbonyl (C=O) groups excluding carboxylic acids is 2. The van der Waals surface area contributed by atoms with Gasteiger partial charge in [0.1, 0.15) is 12.2 Å². The highest BCUT2D eigenvalue weighted by molar-refractivity contribution is 5.89. The Labute approximate surface area is 145 Å². The van der Waals surface area contributed by atoms with Gasteiger partial charge < -0.3 is 14.2 Å². The van der Waals surface area contributed by atoms with Crippen LogP contribution in [0.4, 0.5) is 0 Å². The van der Waals surface area contributed by atoms with Crippen molar-refractivity contribution in [3.63, 3.8) is 0 Å². The smallest absolute Gasteiger partial charge is 0.338 e. The average molecular weight is 340 g/mol. The zero-order valence-electron chi connectivity index (χ0n) is 14.0. The van der Waals surface area contributed by atoms with Crippen molar-refractivity contribution in [3.8, 4) is 0 Å². The summed E-state index contributed by atoms with van der Waals surface area (Å²) in [5.41, 5.74) is -0.0966. The maximum absolute atomic E-state index is 12.8. The quantitative estimate of drug-likeness (QED) is 0.480. The van der Waals surface area contributed by atoms with Crippen molar-refractivity contribution in [2.24, 2.45) is 23.2 Å². The van der Waals surface area contributed by atoms with Gasteiger partial charge in [-0.15, -0.1) is 0 Å². The minimum absolute atomic E-state index is 0.0170. The van der Waals surface area contributed by atoms with E-state index in [1.54, 1.807) is 12.1 Å². The summed E-state index contributed by atoms with van der Waals surface area (Å²) in [4.78, 5) is 25.4. The van der Waals surface area contributed by atoms with E-state index in [4.69, 9.17) is 14.2 Å². The van der Waals surface area contributed by atoms with Gasteiger partial charge >= 0.3 is 11.9 Å². The van der Waals surface area contributed by atoms with Gasteiger partial charge in [0.15, 0.2) is 0 Å². The Morgan fingerprint density at radius 2 is 2.00 bits per heavy atom. The molecular weight excluding hydrogens is 320 g/mol. The molecule has 7 atom stereocenters. The lowest BCUT2D eigenvalue weighted by molar-refractivity contribution is -0.164. The molecule has 3 aliphatic carbocycles. The second-order valence-electron chi connectivity index (χ2n) is 7.53. The van der Waals surface area contributed by atoms with Gasteiger partial charge in [0, 0.05) is 5.92 Å². The monoisotopic (exact) mass is 340 g/mol. The summed E-state index contributed by atoms with van der Waals surface area (Å²) < 4.78 is 16.9. The van der Waals surface area contributed by atoms with E-state index in [0.717, 1.165) is 6.42 Å². The molecule has 1 aliphatic heterocycles. The molecule has 2 saturated carbocycles. The number of hydrogen-bond donors (Lipinski definition) is 0.